The molecule has 59 valence electrons. The molecule has 0 amide bonds. The SMILES string of the molecule is CC(C)(CCl)c1cc[c]cc1. The molecule has 11 heavy (non-hydrogen) atoms. The second-order valence-corrected chi connectivity index (χ2v) is 3.57. The van der Waals surface area contributed by atoms with Crippen molar-refractivity contribution in [3.8, 4) is 0 Å². The molecule has 0 fully saturated rings. The molecule has 0 atom stereocenters. The van der Waals surface area contributed by atoms with Crippen molar-refractivity contribution in [2.75, 3.05) is 5.88 Å². The van der Waals surface area contributed by atoms with Gasteiger partial charge in [-0.2, -0.15) is 0 Å². The summed E-state index contributed by atoms with van der Waals surface area (Å²) in [5.41, 5.74) is 1.35. The van der Waals surface area contributed by atoms with Crippen molar-refractivity contribution in [2.45, 2.75) is 19.3 Å². The lowest BCUT2D eigenvalue weighted by Gasteiger charge is -2.21. The first-order valence-electron chi connectivity index (χ1n) is 3.69. The molecule has 0 bridgehead atoms. The van der Waals surface area contributed by atoms with E-state index in [1.165, 1.54) is 5.56 Å². The van der Waals surface area contributed by atoms with Gasteiger partial charge in [0.15, 0.2) is 0 Å². The molecule has 1 radical (unpaired) electrons. The maximum absolute atomic E-state index is 5.82. The number of hydrogen-bond donors (Lipinski definition) is 0. The second-order valence-electron chi connectivity index (χ2n) is 3.31. The minimum absolute atomic E-state index is 0.0800. The summed E-state index contributed by atoms with van der Waals surface area (Å²) >= 11 is 5.82. The third kappa shape index (κ3) is 1.97. The summed E-state index contributed by atoms with van der Waals surface area (Å²) in [6.07, 6.45) is 0. The van der Waals surface area contributed by atoms with Gasteiger partial charge in [-0.25, -0.2) is 0 Å². The van der Waals surface area contributed by atoms with E-state index in [1.54, 1.807) is 0 Å². The van der Waals surface area contributed by atoms with Crippen LogP contribution in [-0.4, -0.2) is 5.88 Å². The van der Waals surface area contributed by atoms with E-state index in [1.807, 2.05) is 12.1 Å². The molecule has 0 saturated carbocycles. The number of hydrogen-bond acceptors (Lipinski definition) is 0. The Morgan fingerprint density at radius 3 is 2.36 bits per heavy atom. The van der Waals surface area contributed by atoms with Crippen molar-refractivity contribution in [1.82, 2.24) is 0 Å². The summed E-state index contributed by atoms with van der Waals surface area (Å²) in [6.45, 7) is 4.27. The molecule has 0 aliphatic heterocycles. The maximum Gasteiger partial charge on any atom is 0.0315 e. The highest BCUT2D eigenvalue weighted by molar-refractivity contribution is 6.18. The Labute approximate surface area is 73.2 Å². The average molecular weight is 168 g/mol. The molecule has 0 saturated heterocycles. The van der Waals surface area contributed by atoms with Crippen LogP contribution in [0.4, 0.5) is 0 Å². The summed E-state index contributed by atoms with van der Waals surface area (Å²) < 4.78 is 0. The van der Waals surface area contributed by atoms with E-state index in [2.05, 4.69) is 32.0 Å². The van der Waals surface area contributed by atoms with Gasteiger partial charge in [-0.1, -0.05) is 38.1 Å². The molecule has 0 heterocycles. The molecule has 0 aliphatic rings. The van der Waals surface area contributed by atoms with Crippen LogP contribution in [0.3, 0.4) is 0 Å². The molecular formula is C10H12Cl. The quantitative estimate of drug-likeness (QED) is 0.595. The van der Waals surface area contributed by atoms with Crippen molar-refractivity contribution in [2.24, 2.45) is 0 Å². The Morgan fingerprint density at radius 2 is 1.91 bits per heavy atom. The smallest absolute Gasteiger partial charge is 0.0315 e. The average Bonchev–Trinajstić information content (AvgIpc) is 2.06. The number of halogens is 1. The van der Waals surface area contributed by atoms with Crippen LogP contribution in [0.5, 0.6) is 0 Å². The van der Waals surface area contributed by atoms with E-state index in [-0.39, 0.29) is 5.41 Å². The van der Waals surface area contributed by atoms with Gasteiger partial charge in [-0.3, -0.25) is 0 Å². The minimum Gasteiger partial charge on any atom is -0.126 e. The largest absolute Gasteiger partial charge is 0.126 e. The summed E-state index contributed by atoms with van der Waals surface area (Å²) in [5.74, 6) is 0.650. The third-order valence-corrected chi connectivity index (χ3v) is 2.50. The Morgan fingerprint density at radius 1 is 1.36 bits per heavy atom. The predicted octanol–water partition coefficient (Wildman–Crippen LogP) is 3.00. The topological polar surface area (TPSA) is 0 Å². The zero-order valence-corrected chi connectivity index (χ0v) is 7.65. The molecule has 0 unspecified atom stereocenters. The third-order valence-electron chi connectivity index (χ3n) is 1.83. The Hall–Kier alpha value is -0.490. The van der Waals surface area contributed by atoms with E-state index in [0.29, 0.717) is 5.88 Å². The Kier molecular flexibility index (Phi) is 2.56. The molecular weight excluding hydrogens is 156 g/mol. The first kappa shape index (κ1) is 8.61. The van der Waals surface area contributed by atoms with Crippen LogP contribution in [0.25, 0.3) is 0 Å². The summed E-state index contributed by atoms with van der Waals surface area (Å²) in [4.78, 5) is 0. The lowest BCUT2D eigenvalue weighted by molar-refractivity contribution is 0.598. The van der Waals surface area contributed by atoms with Gasteiger partial charge >= 0.3 is 0 Å². The van der Waals surface area contributed by atoms with E-state index in [4.69, 9.17) is 11.6 Å². The van der Waals surface area contributed by atoms with Gasteiger partial charge in [-0.15, -0.1) is 11.6 Å². The Bertz CT molecular complexity index is 214. The zero-order valence-electron chi connectivity index (χ0n) is 6.89. The molecule has 0 nitrogen and oxygen atoms in total. The molecule has 0 aliphatic carbocycles. The number of benzene rings is 1. The van der Waals surface area contributed by atoms with E-state index >= 15 is 0 Å². The van der Waals surface area contributed by atoms with Crippen molar-refractivity contribution in [3.63, 3.8) is 0 Å². The molecule has 0 N–H and O–H groups in total. The predicted molar refractivity (Wildman–Crippen MR) is 49.0 cm³/mol. The van der Waals surface area contributed by atoms with Gasteiger partial charge in [0, 0.05) is 11.3 Å². The molecule has 1 aromatic carbocycles. The first-order valence-corrected chi connectivity index (χ1v) is 4.23. The number of alkyl halides is 1. The van der Waals surface area contributed by atoms with Crippen molar-refractivity contribution in [1.29, 1.82) is 0 Å². The summed E-state index contributed by atoms with van der Waals surface area (Å²) in [6, 6.07) is 10.9. The monoisotopic (exact) mass is 167 g/mol. The van der Waals surface area contributed by atoms with Crippen molar-refractivity contribution < 1.29 is 0 Å². The highest BCUT2D eigenvalue weighted by Crippen LogP contribution is 2.23. The highest BCUT2D eigenvalue weighted by atomic mass is 35.5. The molecule has 0 spiro atoms. The van der Waals surface area contributed by atoms with Gasteiger partial charge in [0.1, 0.15) is 0 Å². The van der Waals surface area contributed by atoms with Crippen LogP contribution in [0.1, 0.15) is 19.4 Å². The maximum atomic E-state index is 5.82. The molecule has 1 rings (SSSR count). The van der Waals surface area contributed by atoms with Crippen LogP contribution < -0.4 is 0 Å². The lowest BCUT2D eigenvalue weighted by Crippen LogP contribution is -2.18. The fourth-order valence-corrected chi connectivity index (χ4v) is 1.07. The van der Waals surface area contributed by atoms with Crippen molar-refractivity contribution in [3.05, 3.63) is 35.9 Å². The van der Waals surface area contributed by atoms with Gasteiger partial charge in [0.2, 0.25) is 0 Å². The minimum atomic E-state index is 0.0800. The standard InChI is InChI=1S/C10H12Cl/c1-10(2,8-11)9-6-4-3-5-7-9/h4-7H,8H2,1-2H3. The molecule has 0 aromatic heterocycles. The van der Waals surface area contributed by atoms with Crippen LogP contribution in [0, 0.1) is 6.07 Å². The van der Waals surface area contributed by atoms with Crippen LogP contribution in [0.2, 0.25) is 0 Å². The second kappa shape index (κ2) is 3.27. The molecule has 1 heteroatoms. The van der Waals surface area contributed by atoms with Gasteiger partial charge in [0.05, 0.1) is 0 Å². The van der Waals surface area contributed by atoms with Gasteiger partial charge in [0.25, 0.3) is 0 Å². The Balaban J connectivity index is 2.93. The highest BCUT2D eigenvalue weighted by Gasteiger charge is 2.17. The van der Waals surface area contributed by atoms with Gasteiger partial charge in [-0.05, 0) is 11.6 Å². The van der Waals surface area contributed by atoms with E-state index in [0.717, 1.165) is 0 Å². The molecule has 1 aromatic rings. The zero-order chi connectivity index (χ0) is 8.32. The van der Waals surface area contributed by atoms with Crippen LogP contribution >= 0.6 is 11.6 Å². The number of rotatable bonds is 2. The summed E-state index contributed by atoms with van der Waals surface area (Å²) in [5, 5.41) is 0. The van der Waals surface area contributed by atoms with E-state index < -0.39 is 0 Å². The fourth-order valence-electron chi connectivity index (χ4n) is 0.915. The van der Waals surface area contributed by atoms with Gasteiger partial charge < -0.3 is 0 Å². The van der Waals surface area contributed by atoms with E-state index in [9.17, 15) is 0 Å². The summed E-state index contributed by atoms with van der Waals surface area (Å²) in [7, 11) is 0. The van der Waals surface area contributed by atoms with Crippen LogP contribution in [0.15, 0.2) is 24.3 Å². The first-order chi connectivity index (χ1) is 5.17. The van der Waals surface area contributed by atoms with Crippen LogP contribution in [-0.2, 0) is 5.41 Å². The normalized spacial score (nSPS) is 11.5. The van der Waals surface area contributed by atoms with Crippen molar-refractivity contribution >= 4 is 11.6 Å². The lowest BCUT2D eigenvalue weighted by atomic mass is 9.87. The fraction of sp³-hybridized carbons (Fsp3) is 0.400.